The fourth-order valence-corrected chi connectivity index (χ4v) is 0. The molecule has 0 aromatic heterocycles. The topological polar surface area (TPSA) is 0 Å². The van der Waals surface area contributed by atoms with Crippen LogP contribution in [0, 0.1) is 0 Å². The largest absolute Gasteiger partial charge is 0.153 e. The zero-order chi connectivity index (χ0) is 0. The maximum Gasteiger partial charge on any atom is 0 e. The van der Waals surface area contributed by atoms with Gasteiger partial charge in [0.2, 0.25) is 0 Å². The van der Waals surface area contributed by atoms with E-state index in [-0.39, 0.29) is 71.4 Å². The van der Waals surface area contributed by atoms with Gasteiger partial charge in [0.05, 0.1) is 0 Å². The summed E-state index contributed by atoms with van der Waals surface area (Å²) in [5.41, 5.74) is 0. The van der Waals surface area contributed by atoms with Crippen LogP contribution in [0.4, 0.5) is 0 Å². The normalized spacial score (nSPS) is 0. The van der Waals surface area contributed by atoms with E-state index in [1.807, 2.05) is 0 Å². The van der Waals surface area contributed by atoms with Crippen LogP contribution in [0.5, 0.6) is 0 Å². The first-order valence-electron chi connectivity index (χ1n) is 0. The third-order valence-corrected chi connectivity index (χ3v) is 0. The predicted octanol–water partition coefficient (Wildman–Crippen LogP) is -0.328. The van der Waals surface area contributed by atoms with Gasteiger partial charge >= 0.3 is 0 Å². The molecule has 0 rings (SSSR count). The minimum Gasteiger partial charge on any atom is -0.153 e. The van der Waals surface area contributed by atoms with Crippen molar-refractivity contribution < 1.29 is 37.6 Å². The molecule has 0 spiro atoms. The van der Waals surface area contributed by atoms with Crippen molar-refractivity contribution in [1.29, 1.82) is 0 Å². The van der Waals surface area contributed by atoms with Crippen LogP contribution < -0.4 is 0 Å². The molecule has 1 unspecified atom stereocenters. The first-order valence-corrected chi connectivity index (χ1v) is 0. The fourth-order valence-electron chi connectivity index (χ4n) is 0. The van der Waals surface area contributed by atoms with Crippen LogP contribution in [-0.2, 0) is 37.6 Å². The molecular weight excluding hydrogens is 392 g/mol. The van der Waals surface area contributed by atoms with Crippen molar-refractivity contribution in [3.63, 3.8) is 0 Å². The molecule has 28 valence electrons. The van der Waals surface area contributed by atoms with Crippen LogP contribution in [0.15, 0.2) is 0 Å². The Hall–Kier alpha value is 2.41. The average Bonchev–Trinajstić information content (AvgIpc) is 0. The number of rotatable bonds is 0. The quantitative estimate of drug-likeness (QED) is 0.390. The predicted molar refractivity (Wildman–Crippen MR) is 16.9 cm³/mol. The minimum absolute atomic E-state index is 0. The second-order valence-corrected chi connectivity index (χ2v) is 0. The van der Waals surface area contributed by atoms with Crippen molar-refractivity contribution in [2.75, 3.05) is 0 Å². The summed E-state index contributed by atoms with van der Waals surface area (Å²) in [5, 5.41) is 0. The van der Waals surface area contributed by atoms with Gasteiger partial charge in [0.25, 0.3) is 0 Å². The SMILES string of the molecule is P.[Ni].[Sn].[W]. The van der Waals surface area contributed by atoms with E-state index in [2.05, 4.69) is 0 Å². The molecule has 4 radical (unpaired) electrons. The van der Waals surface area contributed by atoms with Gasteiger partial charge in [-0.1, -0.05) is 0 Å². The maximum atomic E-state index is 0. The molecule has 0 amide bonds. The van der Waals surface area contributed by atoms with Crippen molar-refractivity contribution in [3.05, 3.63) is 0 Å². The molecule has 0 N–H and O–H groups in total. The average molecular weight is 395 g/mol. The molecule has 0 saturated heterocycles. The van der Waals surface area contributed by atoms with Crippen molar-refractivity contribution >= 4 is 33.8 Å². The van der Waals surface area contributed by atoms with Crippen molar-refractivity contribution in [1.82, 2.24) is 0 Å². The van der Waals surface area contributed by atoms with E-state index < -0.39 is 0 Å². The van der Waals surface area contributed by atoms with E-state index >= 15 is 0 Å². The van der Waals surface area contributed by atoms with Crippen LogP contribution in [0.2, 0.25) is 0 Å². The van der Waals surface area contributed by atoms with Gasteiger partial charge in [-0.25, -0.2) is 0 Å². The molecule has 0 aliphatic rings. The first-order chi connectivity index (χ1) is 0. The van der Waals surface area contributed by atoms with Crippen LogP contribution in [-0.4, -0.2) is 23.9 Å². The van der Waals surface area contributed by atoms with Crippen LogP contribution >= 0.6 is 9.90 Å². The molecule has 0 saturated carbocycles. The van der Waals surface area contributed by atoms with E-state index in [0.29, 0.717) is 0 Å². The summed E-state index contributed by atoms with van der Waals surface area (Å²) in [6, 6.07) is 0. The van der Waals surface area contributed by atoms with Gasteiger partial charge in [-0.2, -0.15) is 9.90 Å². The molecule has 0 aromatic carbocycles. The van der Waals surface area contributed by atoms with E-state index in [4.69, 9.17) is 0 Å². The Labute approximate surface area is 70.6 Å². The molecule has 0 bridgehead atoms. The third kappa shape index (κ3) is 8.83. The zero-order valence-corrected chi connectivity index (χ0v) is 10.1. The van der Waals surface area contributed by atoms with Gasteiger partial charge in [-0.3, -0.25) is 0 Å². The van der Waals surface area contributed by atoms with Gasteiger partial charge in [-0.15, -0.1) is 0 Å². The molecule has 4 heavy (non-hydrogen) atoms. The van der Waals surface area contributed by atoms with Crippen molar-refractivity contribution in [2.24, 2.45) is 0 Å². The fraction of sp³-hybridized carbons (Fsp3) is 0. The standard InChI is InChI=1S/Ni.H3P.Sn.W/h;1H3;;. The third-order valence-electron chi connectivity index (χ3n) is 0. The van der Waals surface area contributed by atoms with E-state index in [1.165, 1.54) is 0 Å². The summed E-state index contributed by atoms with van der Waals surface area (Å²) in [6.07, 6.45) is 0. The Balaban J connectivity index is 0. The summed E-state index contributed by atoms with van der Waals surface area (Å²) < 4.78 is 0. The number of hydrogen-bond donors (Lipinski definition) is 0. The monoisotopic (exact) mass is 396 g/mol. The zero-order valence-electron chi connectivity index (χ0n) is 1.93. The Bertz CT molecular complexity index is 8.00. The Kier molecular flexibility index (Phi) is 146. The van der Waals surface area contributed by atoms with Crippen LogP contribution in [0.25, 0.3) is 0 Å². The molecule has 1 atom stereocenters. The summed E-state index contributed by atoms with van der Waals surface area (Å²) in [4.78, 5) is 0. The van der Waals surface area contributed by atoms with Gasteiger partial charge < -0.3 is 0 Å². The molecule has 0 heterocycles. The van der Waals surface area contributed by atoms with E-state index in [1.54, 1.807) is 0 Å². The van der Waals surface area contributed by atoms with Gasteiger partial charge in [0.1, 0.15) is 0 Å². The molecule has 0 aliphatic heterocycles. The summed E-state index contributed by atoms with van der Waals surface area (Å²) in [6.45, 7) is 0. The molecule has 4 heteroatoms. The molecular formula is H3NiPSnW. The van der Waals surface area contributed by atoms with E-state index in [9.17, 15) is 0 Å². The molecule has 0 aliphatic carbocycles. The van der Waals surface area contributed by atoms with Gasteiger partial charge in [-0.05, 0) is 0 Å². The second-order valence-electron chi connectivity index (χ2n) is 0. The van der Waals surface area contributed by atoms with Crippen LogP contribution in [0.3, 0.4) is 0 Å². The Morgan fingerprint density at radius 3 is 1.00 bits per heavy atom. The first kappa shape index (κ1) is 32.3. The smallest absolute Gasteiger partial charge is 0 e. The van der Waals surface area contributed by atoms with Crippen LogP contribution in [0.1, 0.15) is 0 Å². The van der Waals surface area contributed by atoms with E-state index in [0.717, 1.165) is 0 Å². The van der Waals surface area contributed by atoms with Crippen molar-refractivity contribution in [3.8, 4) is 0 Å². The Morgan fingerprint density at radius 2 is 1.00 bits per heavy atom. The minimum atomic E-state index is 0. The number of hydrogen-bond acceptors (Lipinski definition) is 0. The molecule has 0 nitrogen and oxygen atoms in total. The molecule has 0 aromatic rings. The Morgan fingerprint density at radius 1 is 1.00 bits per heavy atom. The summed E-state index contributed by atoms with van der Waals surface area (Å²) >= 11 is 0. The van der Waals surface area contributed by atoms with Gasteiger partial charge in [0, 0.05) is 61.5 Å². The molecule has 0 fully saturated rings. The summed E-state index contributed by atoms with van der Waals surface area (Å²) in [5.74, 6) is 0. The van der Waals surface area contributed by atoms with Crippen molar-refractivity contribution in [2.45, 2.75) is 0 Å². The summed E-state index contributed by atoms with van der Waals surface area (Å²) in [7, 11) is 0. The maximum absolute atomic E-state index is 0. The second kappa shape index (κ2) is 18.1. The van der Waals surface area contributed by atoms with Gasteiger partial charge in [0.15, 0.2) is 0 Å².